The van der Waals surface area contributed by atoms with E-state index in [1.54, 1.807) is 12.3 Å². The summed E-state index contributed by atoms with van der Waals surface area (Å²) in [4.78, 5) is 27.1. The van der Waals surface area contributed by atoms with E-state index in [0.29, 0.717) is 5.82 Å². The molecule has 5 nitrogen and oxygen atoms in total. The van der Waals surface area contributed by atoms with Crippen molar-refractivity contribution in [3.05, 3.63) is 57.7 Å². The first-order valence-electron chi connectivity index (χ1n) is 5.74. The highest BCUT2D eigenvalue weighted by Gasteiger charge is 2.11. The summed E-state index contributed by atoms with van der Waals surface area (Å²) >= 11 is 3.29. The van der Waals surface area contributed by atoms with Crippen molar-refractivity contribution in [3.63, 3.8) is 0 Å². The maximum Gasteiger partial charge on any atom is 0.335 e. The lowest BCUT2D eigenvalue weighted by molar-refractivity contribution is 0.0697. The van der Waals surface area contributed by atoms with Crippen LogP contribution in [0.25, 0.3) is 0 Å². The van der Waals surface area contributed by atoms with Gasteiger partial charge in [-0.05, 0) is 52.7 Å². The van der Waals surface area contributed by atoms with Crippen molar-refractivity contribution in [2.24, 2.45) is 0 Å². The standard InChI is InChI=1S/C14H11BrN2O3/c1-8-5-11(15)7-16-12(8)17-13(18)9-3-2-4-10(6-9)14(19)20/h2-7H,1H3,(H,19,20)(H,16,17,18). The molecule has 0 aliphatic heterocycles. The van der Waals surface area contributed by atoms with Crippen molar-refractivity contribution in [1.29, 1.82) is 0 Å². The molecule has 1 aromatic heterocycles. The third kappa shape index (κ3) is 3.21. The van der Waals surface area contributed by atoms with Crippen molar-refractivity contribution in [2.45, 2.75) is 6.92 Å². The lowest BCUT2D eigenvalue weighted by atomic mass is 10.1. The van der Waals surface area contributed by atoms with Crippen LogP contribution in [0.3, 0.4) is 0 Å². The number of amides is 1. The van der Waals surface area contributed by atoms with Crippen LogP contribution < -0.4 is 5.32 Å². The first kappa shape index (κ1) is 14.2. The van der Waals surface area contributed by atoms with Crippen molar-refractivity contribution >= 4 is 33.6 Å². The number of hydrogen-bond donors (Lipinski definition) is 2. The van der Waals surface area contributed by atoms with E-state index in [-0.39, 0.29) is 11.1 Å². The van der Waals surface area contributed by atoms with Crippen LogP contribution in [0.1, 0.15) is 26.3 Å². The van der Waals surface area contributed by atoms with Gasteiger partial charge in [0.05, 0.1) is 5.56 Å². The number of carboxylic acids is 1. The summed E-state index contributed by atoms with van der Waals surface area (Å²) in [5, 5.41) is 11.6. The van der Waals surface area contributed by atoms with Gasteiger partial charge in [-0.3, -0.25) is 4.79 Å². The molecule has 0 fully saturated rings. The fraction of sp³-hybridized carbons (Fsp3) is 0.0714. The minimum absolute atomic E-state index is 0.0677. The summed E-state index contributed by atoms with van der Waals surface area (Å²) in [7, 11) is 0. The zero-order chi connectivity index (χ0) is 14.7. The molecule has 0 unspecified atom stereocenters. The summed E-state index contributed by atoms with van der Waals surface area (Å²) in [6.07, 6.45) is 1.58. The van der Waals surface area contributed by atoms with Crippen LogP contribution in [0.4, 0.5) is 5.82 Å². The molecule has 0 saturated carbocycles. The minimum Gasteiger partial charge on any atom is -0.478 e. The number of carboxylic acid groups (broad SMARTS) is 1. The number of anilines is 1. The van der Waals surface area contributed by atoms with Gasteiger partial charge in [-0.1, -0.05) is 6.07 Å². The van der Waals surface area contributed by atoms with Crippen LogP contribution in [0.2, 0.25) is 0 Å². The molecular formula is C14H11BrN2O3. The number of benzene rings is 1. The van der Waals surface area contributed by atoms with Gasteiger partial charge in [0.2, 0.25) is 0 Å². The molecule has 102 valence electrons. The average molecular weight is 335 g/mol. The molecule has 0 spiro atoms. The third-order valence-electron chi connectivity index (χ3n) is 2.65. The molecule has 0 aliphatic carbocycles. The molecule has 20 heavy (non-hydrogen) atoms. The minimum atomic E-state index is -1.07. The lowest BCUT2D eigenvalue weighted by Gasteiger charge is -2.08. The van der Waals surface area contributed by atoms with Gasteiger partial charge in [0.25, 0.3) is 5.91 Å². The summed E-state index contributed by atoms with van der Waals surface area (Å²) in [5.74, 6) is -1.03. The van der Waals surface area contributed by atoms with Crippen molar-refractivity contribution in [3.8, 4) is 0 Å². The van der Waals surface area contributed by atoms with Crippen LogP contribution in [-0.2, 0) is 0 Å². The van der Waals surface area contributed by atoms with Gasteiger partial charge in [-0.25, -0.2) is 9.78 Å². The molecule has 1 heterocycles. The molecule has 0 radical (unpaired) electrons. The predicted octanol–water partition coefficient (Wildman–Crippen LogP) is 3.10. The quantitative estimate of drug-likeness (QED) is 0.903. The fourth-order valence-electron chi connectivity index (χ4n) is 1.64. The zero-order valence-corrected chi connectivity index (χ0v) is 12.1. The largest absolute Gasteiger partial charge is 0.478 e. The number of hydrogen-bond acceptors (Lipinski definition) is 3. The Morgan fingerprint density at radius 3 is 2.60 bits per heavy atom. The Hall–Kier alpha value is -2.21. The molecule has 0 atom stereocenters. The number of carbonyl (C=O) groups is 2. The van der Waals surface area contributed by atoms with Gasteiger partial charge in [0.1, 0.15) is 5.82 Å². The molecule has 0 bridgehead atoms. The van der Waals surface area contributed by atoms with Crippen LogP contribution in [-0.4, -0.2) is 22.0 Å². The molecule has 2 N–H and O–H groups in total. The number of aromatic nitrogens is 1. The summed E-state index contributed by atoms with van der Waals surface area (Å²) in [6.45, 7) is 1.82. The highest BCUT2D eigenvalue weighted by Crippen LogP contribution is 2.17. The van der Waals surface area contributed by atoms with Gasteiger partial charge >= 0.3 is 5.97 Å². The molecule has 0 saturated heterocycles. The van der Waals surface area contributed by atoms with Gasteiger partial charge in [0, 0.05) is 16.2 Å². The first-order chi connectivity index (χ1) is 9.47. The predicted molar refractivity (Wildman–Crippen MR) is 78.0 cm³/mol. The summed E-state index contributed by atoms with van der Waals surface area (Å²) in [6, 6.07) is 7.67. The van der Waals surface area contributed by atoms with Gasteiger partial charge < -0.3 is 10.4 Å². The normalized spacial score (nSPS) is 10.1. The van der Waals surface area contributed by atoms with Gasteiger partial charge in [0.15, 0.2) is 0 Å². The van der Waals surface area contributed by atoms with E-state index in [0.717, 1.165) is 10.0 Å². The Bertz CT molecular complexity index is 686. The van der Waals surface area contributed by atoms with Crippen LogP contribution in [0.15, 0.2) is 41.0 Å². The van der Waals surface area contributed by atoms with E-state index in [2.05, 4.69) is 26.2 Å². The Morgan fingerprint density at radius 1 is 1.25 bits per heavy atom. The molecule has 6 heteroatoms. The molecule has 1 amide bonds. The third-order valence-corrected chi connectivity index (χ3v) is 3.08. The zero-order valence-electron chi connectivity index (χ0n) is 10.6. The number of rotatable bonds is 3. The fourth-order valence-corrected chi connectivity index (χ4v) is 2.09. The second kappa shape index (κ2) is 5.83. The first-order valence-corrected chi connectivity index (χ1v) is 6.53. The van der Waals surface area contributed by atoms with E-state index in [1.165, 1.54) is 18.2 Å². The number of halogens is 1. The molecule has 2 rings (SSSR count). The lowest BCUT2D eigenvalue weighted by Crippen LogP contribution is -2.14. The number of carbonyl (C=O) groups excluding carboxylic acids is 1. The number of nitrogens with one attached hydrogen (secondary N) is 1. The smallest absolute Gasteiger partial charge is 0.335 e. The number of aryl methyl sites for hydroxylation is 1. The SMILES string of the molecule is Cc1cc(Br)cnc1NC(=O)c1cccc(C(=O)O)c1. The summed E-state index contributed by atoms with van der Waals surface area (Å²) < 4.78 is 0.820. The van der Waals surface area contributed by atoms with E-state index < -0.39 is 11.9 Å². The molecule has 0 aliphatic rings. The Morgan fingerprint density at radius 2 is 1.95 bits per heavy atom. The topological polar surface area (TPSA) is 79.3 Å². The van der Waals surface area contributed by atoms with Gasteiger partial charge in [-0.15, -0.1) is 0 Å². The Balaban J connectivity index is 2.24. The van der Waals surface area contributed by atoms with E-state index in [1.807, 2.05) is 13.0 Å². The van der Waals surface area contributed by atoms with Crippen LogP contribution in [0.5, 0.6) is 0 Å². The highest BCUT2D eigenvalue weighted by molar-refractivity contribution is 9.10. The number of nitrogens with zero attached hydrogens (tertiary/aromatic N) is 1. The van der Waals surface area contributed by atoms with E-state index in [4.69, 9.17) is 5.11 Å². The van der Waals surface area contributed by atoms with Crippen LogP contribution >= 0.6 is 15.9 Å². The van der Waals surface area contributed by atoms with Crippen molar-refractivity contribution in [1.82, 2.24) is 4.98 Å². The average Bonchev–Trinajstić information content (AvgIpc) is 2.42. The van der Waals surface area contributed by atoms with Crippen molar-refractivity contribution < 1.29 is 14.7 Å². The second-order valence-electron chi connectivity index (χ2n) is 4.16. The molecule has 1 aromatic carbocycles. The van der Waals surface area contributed by atoms with Crippen molar-refractivity contribution in [2.75, 3.05) is 5.32 Å². The van der Waals surface area contributed by atoms with E-state index in [9.17, 15) is 9.59 Å². The van der Waals surface area contributed by atoms with Crippen LogP contribution in [0, 0.1) is 6.92 Å². The maximum atomic E-state index is 12.1. The molecule has 2 aromatic rings. The summed E-state index contributed by atoms with van der Waals surface area (Å²) in [5.41, 5.74) is 1.15. The monoisotopic (exact) mass is 334 g/mol. The Kier molecular flexibility index (Phi) is 4.14. The number of aromatic carboxylic acids is 1. The molecular weight excluding hydrogens is 324 g/mol. The Labute approximate surface area is 123 Å². The second-order valence-corrected chi connectivity index (χ2v) is 5.07. The maximum absolute atomic E-state index is 12.1. The number of pyridine rings is 1. The van der Waals surface area contributed by atoms with Gasteiger partial charge in [-0.2, -0.15) is 0 Å². The highest BCUT2D eigenvalue weighted by atomic mass is 79.9. The van der Waals surface area contributed by atoms with E-state index >= 15 is 0 Å².